The molecule has 0 aliphatic carbocycles. The number of para-hydroxylation sites is 1. The number of nitrogen functional groups attached to an aromatic ring is 1. The van der Waals surface area contributed by atoms with Gasteiger partial charge < -0.3 is 15.8 Å². The number of nitrogens with zero attached hydrogens (tertiary/aromatic N) is 2. The minimum absolute atomic E-state index is 0.421. The standard InChI is InChI=1S/C16H14N4O/c17-15-10-16(19-11-18-15)20-12-5-4-8-14(9-12)21-13-6-2-1-3-7-13/h1-11H,(H3,17,18,19,20). The smallest absolute Gasteiger partial charge is 0.135 e. The summed E-state index contributed by atoms with van der Waals surface area (Å²) in [5, 5.41) is 3.16. The number of benzene rings is 2. The molecule has 0 aliphatic heterocycles. The van der Waals surface area contributed by atoms with Gasteiger partial charge in [-0.15, -0.1) is 0 Å². The first-order valence-corrected chi connectivity index (χ1v) is 6.47. The van der Waals surface area contributed by atoms with Crippen LogP contribution in [0.3, 0.4) is 0 Å². The van der Waals surface area contributed by atoms with E-state index in [9.17, 15) is 0 Å². The van der Waals surface area contributed by atoms with E-state index in [1.807, 2.05) is 54.6 Å². The molecular formula is C16H14N4O. The zero-order valence-electron chi connectivity index (χ0n) is 11.2. The molecule has 0 saturated carbocycles. The van der Waals surface area contributed by atoms with E-state index in [4.69, 9.17) is 10.5 Å². The fourth-order valence-electron chi connectivity index (χ4n) is 1.85. The van der Waals surface area contributed by atoms with Crippen LogP contribution in [-0.2, 0) is 0 Å². The number of nitrogens with one attached hydrogen (secondary N) is 1. The highest BCUT2D eigenvalue weighted by Gasteiger charge is 2.01. The first-order chi connectivity index (χ1) is 10.3. The maximum Gasteiger partial charge on any atom is 0.135 e. The predicted molar refractivity (Wildman–Crippen MR) is 82.7 cm³/mol. The van der Waals surface area contributed by atoms with Crippen molar-refractivity contribution in [3.8, 4) is 11.5 Å². The van der Waals surface area contributed by atoms with Crippen LogP contribution in [0.4, 0.5) is 17.3 Å². The van der Waals surface area contributed by atoms with Crippen LogP contribution in [0.5, 0.6) is 11.5 Å². The van der Waals surface area contributed by atoms with Crippen LogP contribution in [-0.4, -0.2) is 9.97 Å². The highest BCUT2D eigenvalue weighted by molar-refractivity contribution is 5.60. The van der Waals surface area contributed by atoms with Crippen molar-refractivity contribution in [1.29, 1.82) is 0 Å². The molecule has 1 heterocycles. The summed E-state index contributed by atoms with van der Waals surface area (Å²) in [5.41, 5.74) is 6.49. The van der Waals surface area contributed by atoms with Crippen LogP contribution in [0.2, 0.25) is 0 Å². The Balaban J connectivity index is 1.77. The quantitative estimate of drug-likeness (QED) is 0.763. The van der Waals surface area contributed by atoms with Crippen molar-refractivity contribution in [2.24, 2.45) is 0 Å². The zero-order chi connectivity index (χ0) is 14.5. The van der Waals surface area contributed by atoms with E-state index in [1.165, 1.54) is 6.33 Å². The number of hydrogen-bond donors (Lipinski definition) is 2. The van der Waals surface area contributed by atoms with Crippen molar-refractivity contribution in [2.75, 3.05) is 11.1 Å². The number of nitrogens with two attached hydrogens (primary N) is 1. The second-order valence-electron chi connectivity index (χ2n) is 4.40. The Bertz CT molecular complexity index is 731. The van der Waals surface area contributed by atoms with E-state index in [0.29, 0.717) is 11.6 Å². The second kappa shape index (κ2) is 5.92. The van der Waals surface area contributed by atoms with Gasteiger partial charge in [-0.2, -0.15) is 0 Å². The van der Waals surface area contributed by atoms with Gasteiger partial charge in [0.15, 0.2) is 0 Å². The third-order valence-electron chi connectivity index (χ3n) is 2.77. The maximum atomic E-state index is 5.78. The number of ether oxygens (including phenoxy) is 1. The first kappa shape index (κ1) is 12.9. The van der Waals surface area contributed by atoms with Gasteiger partial charge in [0, 0.05) is 17.8 Å². The lowest BCUT2D eigenvalue weighted by Crippen LogP contribution is -1.97. The van der Waals surface area contributed by atoms with Crippen molar-refractivity contribution >= 4 is 17.3 Å². The molecule has 21 heavy (non-hydrogen) atoms. The van der Waals surface area contributed by atoms with E-state index < -0.39 is 0 Å². The lowest BCUT2D eigenvalue weighted by Gasteiger charge is -2.09. The number of hydrogen-bond acceptors (Lipinski definition) is 5. The van der Waals surface area contributed by atoms with Crippen LogP contribution in [0.25, 0.3) is 0 Å². The molecule has 3 N–H and O–H groups in total. The average molecular weight is 278 g/mol. The molecular weight excluding hydrogens is 264 g/mol. The summed E-state index contributed by atoms with van der Waals surface area (Å²) in [5.74, 6) is 2.60. The Morgan fingerprint density at radius 1 is 0.857 bits per heavy atom. The summed E-state index contributed by atoms with van der Waals surface area (Å²) >= 11 is 0. The molecule has 0 saturated heterocycles. The van der Waals surface area contributed by atoms with Crippen molar-refractivity contribution in [2.45, 2.75) is 0 Å². The SMILES string of the molecule is Nc1cc(Nc2cccc(Oc3ccccc3)c2)ncn1. The molecule has 104 valence electrons. The Labute approximate surface area is 122 Å². The highest BCUT2D eigenvalue weighted by Crippen LogP contribution is 2.25. The number of anilines is 3. The van der Waals surface area contributed by atoms with E-state index >= 15 is 0 Å². The minimum atomic E-state index is 0.421. The average Bonchev–Trinajstić information content (AvgIpc) is 2.49. The summed E-state index contributed by atoms with van der Waals surface area (Å²) in [7, 11) is 0. The van der Waals surface area contributed by atoms with Crippen LogP contribution >= 0.6 is 0 Å². The van der Waals surface area contributed by atoms with E-state index in [0.717, 1.165) is 17.2 Å². The fourth-order valence-corrected chi connectivity index (χ4v) is 1.85. The Hall–Kier alpha value is -3.08. The number of aromatic nitrogens is 2. The Morgan fingerprint density at radius 3 is 2.48 bits per heavy atom. The second-order valence-corrected chi connectivity index (χ2v) is 4.40. The predicted octanol–water partition coefficient (Wildman–Crippen LogP) is 3.59. The van der Waals surface area contributed by atoms with Gasteiger partial charge in [-0.1, -0.05) is 24.3 Å². The van der Waals surface area contributed by atoms with Gasteiger partial charge >= 0.3 is 0 Å². The molecule has 0 aliphatic rings. The van der Waals surface area contributed by atoms with Gasteiger partial charge in [0.05, 0.1) is 0 Å². The monoisotopic (exact) mass is 278 g/mol. The summed E-state index contributed by atoms with van der Waals surface area (Å²) in [6.07, 6.45) is 1.42. The van der Waals surface area contributed by atoms with Gasteiger partial charge in [-0.05, 0) is 24.3 Å². The molecule has 2 aromatic carbocycles. The molecule has 1 aromatic heterocycles. The molecule has 5 nitrogen and oxygen atoms in total. The maximum absolute atomic E-state index is 5.78. The van der Waals surface area contributed by atoms with Crippen LogP contribution < -0.4 is 15.8 Å². The molecule has 0 bridgehead atoms. The van der Waals surface area contributed by atoms with Crippen LogP contribution in [0.15, 0.2) is 67.0 Å². The fraction of sp³-hybridized carbons (Fsp3) is 0. The summed E-state index contributed by atoms with van der Waals surface area (Å²) in [6, 6.07) is 18.9. The molecule has 3 aromatic rings. The van der Waals surface area contributed by atoms with Gasteiger partial charge in [0.2, 0.25) is 0 Å². The number of rotatable bonds is 4. The van der Waals surface area contributed by atoms with E-state index in [1.54, 1.807) is 6.07 Å². The molecule has 5 heteroatoms. The normalized spacial score (nSPS) is 10.1. The Morgan fingerprint density at radius 2 is 1.67 bits per heavy atom. The van der Waals surface area contributed by atoms with Crippen molar-refractivity contribution < 1.29 is 4.74 Å². The molecule has 0 atom stereocenters. The minimum Gasteiger partial charge on any atom is -0.457 e. The van der Waals surface area contributed by atoms with E-state index in [-0.39, 0.29) is 0 Å². The Kier molecular flexibility index (Phi) is 3.64. The molecule has 0 unspecified atom stereocenters. The zero-order valence-corrected chi connectivity index (χ0v) is 11.2. The summed E-state index contributed by atoms with van der Waals surface area (Å²) in [4.78, 5) is 7.96. The van der Waals surface area contributed by atoms with Gasteiger partial charge in [-0.25, -0.2) is 9.97 Å². The van der Waals surface area contributed by atoms with Crippen LogP contribution in [0.1, 0.15) is 0 Å². The molecule has 0 amide bonds. The third-order valence-corrected chi connectivity index (χ3v) is 2.77. The summed E-state index contributed by atoms with van der Waals surface area (Å²) in [6.45, 7) is 0. The van der Waals surface area contributed by atoms with Crippen molar-refractivity contribution in [3.05, 3.63) is 67.0 Å². The lowest BCUT2D eigenvalue weighted by molar-refractivity contribution is 0.483. The van der Waals surface area contributed by atoms with Gasteiger partial charge in [0.1, 0.15) is 29.5 Å². The first-order valence-electron chi connectivity index (χ1n) is 6.47. The van der Waals surface area contributed by atoms with Gasteiger partial charge in [0.25, 0.3) is 0 Å². The molecule has 0 fully saturated rings. The van der Waals surface area contributed by atoms with Crippen LogP contribution in [0, 0.1) is 0 Å². The summed E-state index contributed by atoms with van der Waals surface area (Å²) < 4.78 is 5.78. The largest absolute Gasteiger partial charge is 0.457 e. The highest BCUT2D eigenvalue weighted by atomic mass is 16.5. The van der Waals surface area contributed by atoms with Gasteiger partial charge in [-0.3, -0.25) is 0 Å². The lowest BCUT2D eigenvalue weighted by atomic mass is 10.3. The topological polar surface area (TPSA) is 73.1 Å². The third kappa shape index (κ3) is 3.48. The van der Waals surface area contributed by atoms with E-state index in [2.05, 4.69) is 15.3 Å². The van der Waals surface area contributed by atoms with Crippen molar-refractivity contribution in [3.63, 3.8) is 0 Å². The molecule has 3 rings (SSSR count). The molecule has 0 radical (unpaired) electrons. The molecule has 0 spiro atoms. The van der Waals surface area contributed by atoms with Crippen molar-refractivity contribution in [1.82, 2.24) is 9.97 Å².